The molecule has 4 rings (SSSR count). The molecule has 1 N–H and O–H groups in total. The quantitative estimate of drug-likeness (QED) is 0.377. The summed E-state index contributed by atoms with van der Waals surface area (Å²) in [4.78, 5) is 14.4. The third-order valence-electron chi connectivity index (χ3n) is 7.80. The van der Waals surface area contributed by atoms with Gasteiger partial charge >= 0.3 is 12.3 Å². The summed E-state index contributed by atoms with van der Waals surface area (Å²) in [6.07, 6.45) is 1.33. The lowest BCUT2D eigenvalue weighted by Gasteiger charge is -2.34. The molecule has 2 saturated heterocycles. The van der Waals surface area contributed by atoms with E-state index in [2.05, 4.69) is 12.1 Å². The summed E-state index contributed by atoms with van der Waals surface area (Å²) in [5.74, 6) is 1.77. The van der Waals surface area contributed by atoms with Gasteiger partial charge in [-0.2, -0.15) is 18.4 Å². The summed E-state index contributed by atoms with van der Waals surface area (Å²) in [7, 11) is 0. The molecule has 0 aromatic heterocycles. The molecule has 204 valence electrons. The van der Waals surface area contributed by atoms with Crippen LogP contribution in [-0.4, -0.2) is 48.9 Å². The Hall–Kier alpha value is -3.41. The number of piperidine rings is 2. The van der Waals surface area contributed by atoms with Crippen LogP contribution in [0.15, 0.2) is 42.5 Å². The molecule has 0 atom stereocenters. The zero-order chi connectivity index (χ0) is 27.1. The van der Waals surface area contributed by atoms with Gasteiger partial charge in [-0.25, -0.2) is 4.79 Å². The number of rotatable bonds is 8. The summed E-state index contributed by atoms with van der Waals surface area (Å²) in [6, 6.07) is 13.7. The van der Waals surface area contributed by atoms with E-state index in [1.807, 2.05) is 17.0 Å². The molecular weight excluding hydrogens is 495 g/mol. The minimum Gasteiger partial charge on any atom is -0.494 e. The smallest absolute Gasteiger partial charge is 0.417 e. The lowest BCUT2D eigenvalue weighted by atomic mass is 9.89. The molecule has 0 spiro atoms. The van der Waals surface area contributed by atoms with Crippen LogP contribution in [0.2, 0.25) is 0 Å². The van der Waals surface area contributed by atoms with Crippen molar-refractivity contribution in [2.24, 2.45) is 5.92 Å². The Balaban J connectivity index is 1.18. The van der Waals surface area contributed by atoms with E-state index in [0.717, 1.165) is 56.8 Å². The van der Waals surface area contributed by atoms with Crippen molar-refractivity contribution in [3.8, 4) is 11.8 Å². The Labute approximate surface area is 221 Å². The number of likely N-dealkylation sites (tertiary alicyclic amines) is 1. The summed E-state index contributed by atoms with van der Waals surface area (Å²) >= 11 is 0. The average molecular weight is 530 g/mol. The van der Waals surface area contributed by atoms with Crippen LogP contribution in [0.5, 0.6) is 5.75 Å². The van der Waals surface area contributed by atoms with Crippen LogP contribution < -0.4 is 9.64 Å². The second kappa shape index (κ2) is 12.4. The number of amides is 1. The van der Waals surface area contributed by atoms with Crippen LogP contribution in [0, 0.1) is 17.2 Å². The second-order valence-electron chi connectivity index (χ2n) is 10.2. The molecule has 2 aliphatic rings. The Morgan fingerprint density at radius 3 is 2.29 bits per heavy atom. The van der Waals surface area contributed by atoms with Crippen molar-refractivity contribution in [2.75, 3.05) is 37.7 Å². The van der Waals surface area contributed by atoms with Gasteiger partial charge in [-0.05, 0) is 86.3 Å². The lowest BCUT2D eigenvalue weighted by molar-refractivity contribution is -0.137. The molecule has 1 amide bonds. The second-order valence-corrected chi connectivity index (χ2v) is 10.2. The van der Waals surface area contributed by atoms with Gasteiger partial charge in [-0.3, -0.25) is 0 Å². The van der Waals surface area contributed by atoms with Crippen molar-refractivity contribution >= 4 is 11.8 Å². The summed E-state index contributed by atoms with van der Waals surface area (Å²) in [5.41, 5.74) is 0.484. The number of nitrogens with zero attached hydrogens (tertiary/aromatic N) is 3. The third kappa shape index (κ3) is 7.12. The van der Waals surface area contributed by atoms with Crippen LogP contribution in [0.1, 0.15) is 67.6 Å². The first-order valence-electron chi connectivity index (χ1n) is 13.3. The minimum atomic E-state index is -4.55. The molecule has 2 heterocycles. The zero-order valence-corrected chi connectivity index (χ0v) is 21.4. The Bertz CT molecular complexity index is 1110. The van der Waals surface area contributed by atoms with E-state index in [-0.39, 0.29) is 5.56 Å². The maximum Gasteiger partial charge on any atom is 0.417 e. The highest BCUT2D eigenvalue weighted by atomic mass is 19.4. The first kappa shape index (κ1) is 27.6. The number of ether oxygens (including phenoxy) is 1. The zero-order valence-electron chi connectivity index (χ0n) is 21.4. The van der Waals surface area contributed by atoms with Crippen LogP contribution in [0.25, 0.3) is 0 Å². The predicted octanol–water partition coefficient (Wildman–Crippen LogP) is 6.90. The normalized spacial score (nSPS) is 17.3. The van der Waals surface area contributed by atoms with Crippen molar-refractivity contribution in [3.63, 3.8) is 0 Å². The van der Waals surface area contributed by atoms with Gasteiger partial charge in [0.1, 0.15) is 5.75 Å². The highest BCUT2D eigenvalue weighted by Gasteiger charge is 2.34. The minimum absolute atomic E-state index is 0.341. The van der Waals surface area contributed by atoms with E-state index in [1.54, 1.807) is 12.1 Å². The molecular formula is C29H34F3N3O3. The fourth-order valence-corrected chi connectivity index (χ4v) is 5.51. The molecule has 2 aliphatic heterocycles. The number of anilines is 1. The number of benzene rings is 2. The highest BCUT2D eigenvalue weighted by molar-refractivity contribution is 5.65. The number of halogens is 3. The maximum atomic E-state index is 13.3. The molecule has 2 aromatic rings. The van der Waals surface area contributed by atoms with Crippen LogP contribution in [0.3, 0.4) is 0 Å². The van der Waals surface area contributed by atoms with Crippen LogP contribution in [-0.2, 0) is 6.18 Å². The van der Waals surface area contributed by atoms with E-state index in [9.17, 15) is 18.0 Å². The van der Waals surface area contributed by atoms with E-state index in [0.29, 0.717) is 50.3 Å². The maximum absolute atomic E-state index is 13.3. The molecule has 0 saturated carbocycles. The first-order chi connectivity index (χ1) is 18.2. The van der Waals surface area contributed by atoms with Crippen LogP contribution in [0.4, 0.5) is 23.7 Å². The van der Waals surface area contributed by atoms with Gasteiger partial charge in [0.05, 0.1) is 23.8 Å². The molecule has 9 heteroatoms. The van der Waals surface area contributed by atoms with Gasteiger partial charge in [0, 0.05) is 31.9 Å². The largest absolute Gasteiger partial charge is 0.494 e. The number of carbonyl (C=O) groups is 1. The predicted molar refractivity (Wildman–Crippen MR) is 138 cm³/mol. The van der Waals surface area contributed by atoms with Crippen molar-refractivity contribution in [2.45, 2.75) is 57.0 Å². The number of alkyl halides is 3. The number of unbranched alkanes of at least 4 members (excludes halogenated alkanes) is 1. The van der Waals surface area contributed by atoms with Crippen molar-refractivity contribution in [3.05, 3.63) is 59.2 Å². The molecule has 6 nitrogen and oxygen atoms in total. The van der Waals surface area contributed by atoms with Gasteiger partial charge in [-0.1, -0.05) is 18.6 Å². The third-order valence-corrected chi connectivity index (χ3v) is 7.80. The Morgan fingerprint density at radius 2 is 1.68 bits per heavy atom. The number of hydrogen-bond acceptors (Lipinski definition) is 4. The first-order valence-corrected chi connectivity index (χ1v) is 13.3. The van der Waals surface area contributed by atoms with Gasteiger partial charge < -0.3 is 19.6 Å². The monoisotopic (exact) mass is 529 g/mol. The van der Waals surface area contributed by atoms with Gasteiger partial charge in [0.15, 0.2) is 0 Å². The number of carboxylic acid groups (broad SMARTS) is 1. The summed E-state index contributed by atoms with van der Waals surface area (Å²) < 4.78 is 45.9. The van der Waals surface area contributed by atoms with E-state index in [1.165, 1.54) is 16.5 Å². The van der Waals surface area contributed by atoms with E-state index < -0.39 is 17.8 Å². The van der Waals surface area contributed by atoms with E-state index >= 15 is 0 Å². The Morgan fingerprint density at radius 1 is 1.00 bits per heavy atom. The average Bonchev–Trinajstić information content (AvgIpc) is 2.93. The molecule has 38 heavy (non-hydrogen) atoms. The summed E-state index contributed by atoms with van der Waals surface area (Å²) in [6.45, 7) is 3.23. The van der Waals surface area contributed by atoms with Gasteiger partial charge in [0.2, 0.25) is 0 Å². The molecule has 2 aromatic carbocycles. The van der Waals surface area contributed by atoms with E-state index in [4.69, 9.17) is 15.1 Å². The highest BCUT2D eigenvalue weighted by Crippen LogP contribution is 2.36. The molecule has 0 unspecified atom stereocenters. The topological polar surface area (TPSA) is 76.8 Å². The fraction of sp³-hybridized carbons (Fsp3) is 0.517. The molecule has 2 fully saturated rings. The molecule has 0 aliphatic carbocycles. The molecule has 0 radical (unpaired) electrons. The fourth-order valence-electron chi connectivity index (χ4n) is 5.51. The lowest BCUT2D eigenvalue weighted by Crippen LogP contribution is -2.37. The SMILES string of the molecule is N#Cc1ccc(N2CCC(c3ccc(OCCCCC4CCN(C(=O)O)CC4)cc3)CC2)cc1C(F)(F)F. The Kier molecular flexibility index (Phi) is 9.03. The number of hydrogen-bond donors (Lipinski definition) is 1. The van der Waals surface area contributed by atoms with Crippen molar-refractivity contribution < 1.29 is 27.8 Å². The van der Waals surface area contributed by atoms with Crippen LogP contribution >= 0.6 is 0 Å². The number of nitriles is 1. The van der Waals surface area contributed by atoms with Crippen molar-refractivity contribution in [1.82, 2.24) is 4.90 Å². The summed E-state index contributed by atoms with van der Waals surface area (Å²) in [5, 5.41) is 18.1. The molecule has 0 bridgehead atoms. The van der Waals surface area contributed by atoms with Crippen molar-refractivity contribution in [1.29, 1.82) is 5.26 Å². The van der Waals surface area contributed by atoms with Gasteiger partial charge in [0.25, 0.3) is 0 Å². The van der Waals surface area contributed by atoms with Gasteiger partial charge in [-0.15, -0.1) is 0 Å². The standard InChI is InChI=1S/C29H34F3N3O3/c30-29(31,32)27-19-25(7-4-24(27)20-33)34-16-12-23(13-17-34)22-5-8-26(9-6-22)38-18-2-1-3-21-10-14-35(15-11-21)28(36)37/h4-9,19,21,23H,1-3,10-18H2,(H,36,37).